The van der Waals surface area contributed by atoms with Crippen LogP contribution in [0.1, 0.15) is 0 Å². The van der Waals surface area contributed by atoms with Gasteiger partial charge < -0.3 is 4.90 Å². The first kappa shape index (κ1) is 30.5. The Labute approximate surface area is 219 Å². The highest BCUT2D eigenvalue weighted by Crippen LogP contribution is 2.33. The monoisotopic (exact) mass is 580 g/mol. The second-order valence-electron chi connectivity index (χ2n) is 6.39. The third-order valence-electron chi connectivity index (χ3n) is 4.26. The van der Waals surface area contributed by atoms with Crippen LogP contribution < -0.4 is 4.90 Å². The topological polar surface area (TPSA) is 201 Å². The summed E-state index contributed by atoms with van der Waals surface area (Å²) in [6.07, 6.45) is 0. The van der Waals surface area contributed by atoms with Gasteiger partial charge in [-0.1, -0.05) is 22.7 Å². The van der Waals surface area contributed by atoms with Gasteiger partial charge in [-0.15, -0.1) is 13.8 Å². The van der Waals surface area contributed by atoms with Crippen molar-refractivity contribution in [3.63, 3.8) is 0 Å². The summed E-state index contributed by atoms with van der Waals surface area (Å²) in [5.74, 6) is 0. The summed E-state index contributed by atoms with van der Waals surface area (Å²) < 4.78 is 42.2. The fourth-order valence-corrected chi connectivity index (χ4v) is 3.83. The summed E-state index contributed by atoms with van der Waals surface area (Å²) in [6.45, 7) is 3.72. The third-order valence-corrected chi connectivity index (χ3v) is 6.37. The molecule has 0 aliphatic heterocycles. The second-order valence-corrected chi connectivity index (χ2v) is 9.30. The van der Waals surface area contributed by atoms with Gasteiger partial charge in [-0.05, 0) is 30.3 Å². The minimum atomic E-state index is -3.70. The van der Waals surface area contributed by atoms with E-state index in [0.29, 0.717) is 30.3 Å². The molecule has 16 nitrogen and oxygen atoms in total. The highest BCUT2D eigenvalue weighted by Gasteiger charge is 2.18. The molecule has 2 N–H and O–H groups in total. The maximum Gasteiger partial charge on any atom is 0.298 e. The van der Waals surface area contributed by atoms with Crippen molar-refractivity contribution < 1.29 is 51.0 Å². The van der Waals surface area contributed by atoms with Gasteiger partial charge in [-0.3, -0.25) is 18.5 Å². The summed E-state index contributed by atoms with van der Waals surface area (Å²) in [5, 5.41) is 43.4. The van der Waals surface area contributed by atoms with Crippen LogP contribution in [0, 0.1) is 10.1 Å². The molecule has 0 fully saturated rings. The summed E-state index contributed by atoms with van der Waals surface area (Å²) >= 11 is 0.734. The van der Waals surface area contributed by atoms with E-state index in [2.05, 4.69) is 35.6 Å². The molecular formula is C18H20N4O12S3. The molecule has 0 aromatic heterocycles. The average Bonchev–Trinajstić information content (AvgIpc) is 2.90. The van der Waals surface area contributed by atoms with Gasteiger partial charge in [0.05, 0.1) is 28.7 Å². The Kier molecular flexibility index (Phi) is 13.4. The fourth-order valence-electron chi connectivity index (χ4n) is 2.67. The standard InChI is InChI=1S/C18H20N4O12S3/c1-2-37(27,28)16-5-3-4-14(12-16)19-20-17-7-6-15(13-18(17)22(23)24)21(8-10-29-35-33-31-25)9-11-30-36-34-32-26/h2-7,12-13,25-26H,1,8-11H2. The van der Waals surface area contributed by atoms with E-state index in [-0.39, 0.29) is 48.3 Å². The summed E-state index contributed by atoms with van der Waals surface area (Å²) in [6, 6.07) is 9.73. The average molecular weight is 581 g/mol. The molecule has 202 valence electrons. The number of nitrogens with zero attached hydrogens (tertiary/aromatic N) is 4. The molecule has 2 aromatic rings. The molecule has 0 bridgehead atoms. The Morgan fingerprint density at radius 1 is 1.03 bits per heavy atom. The van der Waals surface area contributed by atoms with Crippen molar-refractivity contribution in [3.8, 4) is 0 Å². The summed E-state index contributed by atoms with van der Waals surface area (Å²) in [7, 11) is -3.70. The van der Waals surface area contributed by atoms with E-state index >= 15 is 0 Å². The van der Waals surface area contributed by atoms with Gasteiger partial charge in [-0.25, -0.2) is 18.9 Å². The van der Waals surface area contributed by atoms with Crippen molar-refractivity contribution in [2.24, 2.45) is 10.2 Å². The van der Waals surface area contributed by atoms with Gasteiger partial charge in [0.15, 0.2) is 40.2 Å². The summed E-state index contributed by atoms with van der Waals surface area (Å²) in [4.78, 5) is 12.7. The number of hydrogen-bond acceptors (Lipinski definition) is 17. The molecular weight excluding hydrogens is 560 g/mol. The fraction of sp³-hybridized carbons (Fsp3) is 0.222. The maximum atomic E-state index is 12.0. The number of azo groups is 1. The van der Waals surface area contributed by atoms with Gasteiger partial charge >= 0.3 is 0 Å². The Bertz CT molecular complexity index is 1150. The molecule has 0 unspecified atom stereocenters. The van der Waals surface area contributed by atoms with E-state index in [0.717, 1.165) is 5.41 Å². The van der Waals surface area contributed by atoms with Crippen LogP contribution in [0.5, 0.6) is 0 Å². The largest absolute Gasteiger partial charge is 0.367 e. The van der Waals surface area contributed by atoms with Crippen molar-refractivity contribution in [1.82, 2.24) is 0 Å². The molecule has 0 aliphatic carbocycles. The van der Waals surface area contributed by atoms with Crippen molar-refractivity contribution in [2.75, 3.05) is 31.2 Å². The van der Waals surface area contributed by atoms with Crippen LogP contribution in [0.2, 0.25) is 0 Å². The molecule has 2 rings (SSSR count). The molecule has 0 radical (unpaired) electrons. The highest BCUT2D eigenvalue weighted by atomic mass is 32.2. The maximum absolute atomic E-state index is 12.0. The predicted molar refractivity (Wildman–Crippen MR) is 130 cm³/mol. The van der Waals surface area contributed by atoms with Crippen molar-refractivity contribution in [1.29, 1.82) is 0 Å². The van der Waals surface area contributed by atoms with Crippen LogP contribution in [0.25, 0.3) is 0 Å². The lowest BCUT2D eigenvalue weighted by Gasteiger charge is -2.24. The third kappa shape index (κ3) is 10.3. The smallest absolute Gasteiger partial charge is 0.298 e. The molecule has 0 heterocycles. The molecule has 0 atom stereocenters. The predicted octanol–water partition coefficient (Wildman–Crippen LogP) is 4.74. The lowest BCUT2D eigenvalue weighted by molar-refractivity contribution is -0.434. The van der Waals surface area contributed by atoms with Crippen LogP contribution in [0.15, 0.2) is 69.6 Å². The Morgan fingerprint density at radius 2 is 1.68 bits per heavy atom. The quantitative estimate of drug-likeness (QED) is 0.0611. The molecule has 0 saturated heterocycles. The van der Waals surface area contributed by atoms with Crippen LogP contribution in [-0.2, 0) is 36.9 Å². The SMILES string of the molecule is C=CS(=O)(=O)c1cccc(N=Nc2ccc(N(CCOSOOO)CCOSOOO)cc2[N+](=O)[O-])c1. The first-order chi connectivity index (χ1) is 17.8. The molecule has 19 heteroatoms. The van der Waals surface area contributed by atoms with Crippen LogP contribution >= 0.6 is 24.6 Å². The van der Waals surface area contributed by atoms with Crippen LogP contribution in [0.3, 0.4) is 0 Å². The normalized spacial score (nSPS) is 11.6. The van der Waals surface area contributed by atoms with E-state index in [1.165, 1.54) is 36.4 Å². The number of benzene rings is 2. The van der Waals surface area contributed by atoms with E-state index < -0.39 is 14.8 Å². The van der Waals surface area contributed by atoms with Crippen molar-refractivity contribution in [2.45, 2.75) is 4.90 Å². The lowest BCUT2D eigenvalue weighted by atomic mass is 10.2. The summed E-state index contributed by atoms with van der Waals surface area (Å²) in [5.41, 5.74) is 0.105. The van der Waals surface area contributed by atoms with Crippen LogP contribution in [-0.4, -0.2) is 50.2 Å². The van der Waals surface area contributed by atoms with Gasteiger partial charge in [0.25, 0.3) is 5.69 Å². The minimum Gasteiger partial charge on any atom is -0.367 e. The minimum absolute atomic E-state index is 0.0383. The van der Waals surface area contributed by atoms with Gasteiger partial charge in [-0.2, -0.15) is 5.11 Å². The van der Waals surface area contributed by atoms with Gasteiger partial charge in [0, 0.05) is 30.3 Å². The molecule has 37 heavy (non-hydrogen) atoms. The number of rotatable bonds is 18. The van der Waals surface area contributed by atoms with E-state index in [4.69, 9.17) is 18.9 Å². The highest BCUT2D eigenvalue weighted by molar-refractivity contribution is 7.94. The van der Waals surface area contributed by atoms with Gasteiger partial charge in [0.1, 0.15) is 0 Å². The first-order valence-corrected chi connectivity index (χ1v) is 12.7. The molecule has 2 aromatic carbocycles. The van der Waals surface area contributed by atoms with Crippen LogP contribution in [0.4, 0.5) is 22.7 Å². The molecule has 0 aliphatic rings. The number of sulfone groups is 1. The molecule has 0 amide bonds. The number of nitro benzene ring substituents is 1. The van der Waals surface area contributed by atoms with E-state index in [1.54, 1.807) is 11.0 Å². The van der Waals surface area contributed by atoms with Crippen molar-refractivity contribution >= 4 is 57.2 Å². The van der Waals surface area contributed by atoms with Crippen molar-refractivity contribution in [3.05, 3.63) is 64.6 Å². The zero-order valence-electron chi connectivity index (χ0n) is 18.6. The Balaban J connectivity index is 2.24. The zero-order valence-corrected chi connectivity index (χ0v) is 21.1. The molecule has 0 spiro atoms. The zero-order chi connectivity index (χ0) is 27.1. The van der Waals surface area contributed by atoms with E-state index in [1.807, 2.05) is 0 Å². The number of anilines is 1. The second kappa shape index (κ2) is 16.2. The first-order valence-electron chi connectivity index (χ1n) is 9.78. The Morgan fingerprint density at radius 3 is 2.24 bits per heavy atom. The van der Waals surface area contributed by atoms with E-state index in [9.17, 15) is 18.5 Å². The van der Waals surface area contributed by atoms with Gasteiger partial charge in [0.2, 0.25) is 0 Å². The Hall–Kier alpha value is -2.69. The lowest BCUT2D eigenvalue weighted by Crippen LogP contribution is -2.30. The molecule has 0 saturated carbocycles. The number of nitro groups is 1. The number of hydrogen-bond donors (Lipinski definition) is 2.